The molecular formula is C11H19N3O5. The summed E-state index contributed by atoms with van der Waals surface area (Å²) in [5.74, 6) is -1.41. The molecule has 8 nitrogen and oxygen atoms in total. The maximum Gasteiger partial charge on any atom is 0.332 e. The van der Waals surface area contributed by atoms with Gasteiger partial charge in [-0.1, -0.05) is 0 Å². The van der Waals surface area contributed by atoms with Crippen molar-refractivity contribution < 1.29 is 24.6 Å². The number of carboxylic acid groups (broad SMARTS) is 1. The lowest BCUT2D eigenvalue weighted by Crippen LogP contribution is -2.39. The fraction of sp³-hybridized carbons (Fsp3) is 0.727. The van der Waals surface area contributed by atoms with Crippen LogP contribution in [0.1, 0.15) is 25.7 Å². The van der Waals surface area contributed by atoms with Crippen LogP contribution in [0.3, 0.4) is 0 Å². The van der Waals surface area contributed by atoms with E-state index >= 15 is 0 Å². The third-order valence-corrected chi connectivity index (χ3v) is 2.57. The molecule has 19 heavy (non-hydrogen) atoms. The Bertz CT molecular complexity index is 343. The molecule has 0 unspecified atom stereocenters. The third kappa shape index (κ3) is 7.24. The number of amides is 3. The highest BCUT2D eigenvalue weighted by Crippen LogP contribution is 2.18. The van der Waals surface area contributed by atoms with Gasteiger partial charge in [0.25, 0.3) is 0 Å². The lowest BCUT2D eigenvalue weighted by Gasteiger charge is -2.09. The molecule has 1 rings (SSSR count). The SMILES string of the molecule is O=C(CCNC(=O)NCC[C@H](O)C(=O)O)NC1CC1. The molecule has 0 aromatic carbocycles. The van der Waals surface area contributed by atoms with Gasteiger partial charge >= 0.3 is 12.0 Å². The fourth-order valence-corrected chi connectivity index (χ4v) is 1.33. The van der Waals surface area contributed by atoms with Crippen LogP contribution in [0.25, 0.3) is 0 Å². The molecule has 0 aromatic heterocycles. The number of carboxylic acids is 1. The molecule has 0 spiro atoms. The monoisotopic (exact) mass is 273 g/mol. The van der Waals surface area contributed by atoms with Gasteiger partial charge in [-0.15, -0.1) is 0 Å². The Labute approximate surface area is 110 Å². The Kier molecular flexibility index (Phi) is 6.07. The molecule has 0 radical (unpaired) electrons. The average molecular weight is 273 g/mol. The van der Waals surface area contributed by atoms with Crippen LogP contribution in [-0.4, -0.2) is 53.4 Å². The molecule has 1 aliphatic rings. The summed E-state index contributed by atoms with van der Waals surface area (Å²) < 4.78 is 0. The first kappa shape index (κ1) is 15.2. The van der Waals surface area contributed by atoms with Gasteiger partial charge in [0.15, 0.2) is 6.10 Å². The first-order valence-electron chi connectivity index (χ1n) is 6.21. The van der Waals surface area contributed by atoms with E-state index in [0.29, 0.717) is 6.04 Å². The van der Waals surface area contributed by atoms with Crippen molar-refractivity contribution in [3.05, 3.63) is 0 Å². The molecule has 0 aliphatic heterocycles. The van der Waals surface area contributed by atoms with Gasteiger partial charge in [-0.2, -0.15) is 0 Å². The van der Waals surface area contributed by atoms with E-state index in [-0.39, 0.29) is 31.8 Å². The Hall–Kier alpha value is -1.83. The van der Waals surface area contributed by atoms with Crippen molar-refractivity contribution in [2.75, 3.05) is 13.1 Å². The van der Waals surface area contributed by atoms with Gasteiger partial charge in [0, 0.05) is 32.0 Å². The topological polar surface area (TPSA) is 128 Å². The van der Waals surface area contributed by atoms with Crippen LogP contribution in [-0.2, 0) is 9.59 Å². The van der Waals surface area contributed by atoms with Gasteiger partial charge in [-0.25, -0.2) is 9.59 Å². The van der Waals surface area contributed by atoms with Crippen LogP contribution in [0, 0.1) is 0 Å². The van der Waals surface area contributed by atoms with E-state index in [0.717, 1.165) is 12.8 Å². The number of carbonyl (C=O) groups is 3. The maximum absolute atomic E-state index is 11.3. The molecule has 0 heterocycles. The minimum atomic E-state index is -1.48. The Morgan fingerprint density at radius 3 is 2.37 bits per heavy atom. The normalized spacial score (nSPS) is 15.4. The quantitative estimate of drug-likeness (QED) is 0.379. The molecule has 0 saturated heterocycles. The van der Waals surface area contributed by atoms with E-state index in [9.17, 15) is 14.4 Å². The summed E-state index contributed by atoms with van der Waals surface area (Å²) in [4.78, 5) is 32.8. The Balaban J connectivity index is 1.97. The van der Waals surface area contributed by atoms with Crippen molar-refractivity contribution in [2.24, 2.45) is 0 Å². The number of urea groups is 1. The Morgan fingerprint density at radius 1 is 1.16 bits per heavy atom. The van der Waals surface area contributed by atoms with Gasteiger partial charge in [-0.3, -0.25) is 4.79 Å². The zero-order chi connectivity index (χ0) is 14.3. The van der Waals surface area contributed by atoms with Crippen LogP contribution in [0.5, 0.6) is 0 Å². The number of aliphatic hydroxyl groups is 1. The zero-order valence-electron chi connectivity index (χ0n) is 10.5. The number of aliphatic hydroxyl groups excluding tert-OH is 1. The average Bonchev–Trinajstić information content (AvgIpc) is 3.12. The standard InChI is InChI=1S/C11H19N3O5/c15-8(10(17)18)3-5-12-11(19)13-6-4-9(16)14-7-1-2-7/h7-8,15H,1-6H2,(H,14,16)(H,17,18)(H2,12,13,19)/t8-/m0/s1. The predicted molar refractivity (Wildman–Crippen MR) is 65.4 cm³/mol. The van der Waals surface area contributed by atoms with E-state index in [4.69, 9.17) is 10.2 Å². The van der Waals surface area contributed by atoms with Gasteiger partial charge < -0.3 is 26.2 Å². The molecule has 5 N–H and O–H groups in total. The first-order chi connectivity index (χ1) is 8.99. The van der Waals surface area contributed by atoms with Crippen molar-refractivity contribution in [1.29, 1.82) is 0 Å². The summed E-state index contributed by atoms with van der Waals surface area (Å²) in [6, 6.07) is -0.185. The van der Waals surface area contributed by atoms with Gasteiger partial charge in [-0.05, 0) is 12.8 Å². The molecule has 1 fully saturated rings. The van der Waals surface area contributed by atoms with Gasteiger partial charge in [0.05, 0.1) is 0 Å². The molecule has 0 aromatic rings. The summed E-state index contributed by atoms with van der Waals surface area (Å²) >= 11 is 0. The number of rotatable bonds is 8. The third-order valence-electron chi connectivity index (χ3n) is 2.57. The maximum atomic E-state index is 11.3. The number of nitrogens with one attached hydrogen (secondary N) is 3. The molecular weight excluding hydrogens is 254 g/mol. The summed E-state index contributed by atoms with van der Waals surface area (Å²) in [5, 5.41) is 25.0. The van der Waals surface area contributed by atoms with E-state index in [1.807, 2.05) is 0 Å². The second-order valence-electron chi connectivity index (χ2n) is 4.42. The van der Waals surface area contributed by atoms with Crippen molar-refractivity contribution in [1.82, 2.24) is 16.0 Å². The second-order valence-corrected chi connectivity index (χ2v) is 4.42. The van der Waals surface area contributed by atoms with E-state index < -0.39 is 18.1 Å². The Morgan fingerprint density at radius 2 is 1.79 bits per heavy atom. The van der Waals surface area contributed by atoms with E-state index in [2.05, 4.69) is 16.0 Å². The molecule has 3 amide bonds. The summed E-state index contributed by atoms with van der Waals surface area (Å²) in [7, 11) is 0. The number of carbonyl (C=O) groups excluding carboxylic acids is 2. The molecule has 1 saturated carbocycles. The van der Waals surface area contributed by atoms with Crippen LogP contribution < -0.4 is 16.0 Å². The minimum absolute atomic E-state index is 0.0492. The first-order valence-corrected chi connectivity index (χ1v) is 6.21. The van der Waals surface area contributed by atoms with Crippen LogP contribution in [0.15, 0.2) is 0 Å². The molecule has 1 aliphatic carbocycles. The highest BCUT2D eigenvalue weighted by Gasteiger charge is 2.22. The lowest BCUT2D eigenvalue weighted by atomic mass is 10.2. The molecule has 108 valence electrons. The highest BCUT2D eigenvalue weighted by molar-refractivity contribution is 5.78. The van der Waals surface area contributed by atoms with E-state index in [1.54, 1.807) is 0 Å². The molecule has 0 bridgehead atoms. The van der Waals surface area contributed by atoms with Crippen molar-refractivity contribution >= 4 is 17.9 Å². The lowest BCUT2D eigenvalue weighted by molar-refractivity contribution is -0.146. The number of hydrogen-bond acceptors (Lipinski definition) is 4. The number of aliphatic carboxylic acids is 1. The minimum Gasteiger partial charge on any atom is -0.479 e. The fourth-order valence-electron chi connectivity index (χ4n) is 1.33. The van der Waals surface area contributed by atoms with Gasteiger partial charge in [0.2, 0.25) is 5.91 Å². The number of hydrogen-bond donors (Lipinski definition) is 5. The highest BCUT2D eigenvalue weighted by atomic mass is 16.4. The predicted octanol–water partition coefficient (Wildman–Crippen LogP) is -1.21. The summed E-state index contributed by atoms with van der Waals surface area (Å²) in [5.41, 5.74) is 0. The molecule has 1 atom stereocenters. The summed E-state index contributed by atoms with van der Waals surface area (Å²) in [6.07, 6.45) is 0.702. The van der Waals surface area contributed by atoms with Crippen LogP contribution >= 0.6 is 0 Å². The van der Waals surface area contributed by atoms with Crippen LogP contribution in [0.4, 0.5) is 4.79 Å². The smallest absolute Gasteiger partial charge is 0.332 e. The zero-order valence-corrected chi connectivity index (χ0v) is 10.5. The van der Waals surface area contributed by atoms with Crippen LogP contribution in [0.2, 0.25) is 0 Å². The largest absolute Gasteiger partial charge is 0.479 e. The van der Waals surface area contributed by atoms with Crippen molar-refractivity contribution in [2.45, 2.75) is 37.8 Å². The van der Waals surface area contributed by atoms with Crippen molar-refractivity contribution in [3.8, 4) is 0 Å². The van der Waals surface area contributed by atoms with Gasteiger partial charge in [0.1, 0.15) is 0 Å². The summed E-state index contributed by atoms with van der Waals surface area (Å²) in [6.45, 7) is 0.263. The second kappa shape index (κ2) is 7.57. The molecule has 8 heteroatoms. The van der Waals surface area contributed by atoms with Crippen molar-refractivity contribution in [3.63, 3.8) is 0 Å². The van der Waals surface area contributed by atoms with E-state index in [1.165, 1.54) is 0 Å².